The van der Waals surface area contributed by atoms with Gasteiger partial charge in [-0.2, -0.15) is 0 Å². The number of morpholine rings is 1. The van der Waals surface area contributed by atoms with Gasteiger partial charge in [-0.25, -0.2) is 4.98 Å². The van der Waals surface area contributed by atoms with Gasteiger partial charge in [0.2, 0.25) is 5.91 Å². The second-order valence-electron chi connectivity index (χ2n) is 7.50. The summed E-state index contributed by atoms with van der Waals surface area (Å²) in [6, 6.07) is 18.7. The summed E-state index contributed by atoms with van der Waals surface area (Å²) in [4.78, 5) is 19.4. The fourth-order valence-corrected chi connectivity index (χ4v) is 4.38. The molecule has 1 fully saturated rings. The zero-order valence-electron chi connectivity index (χ0n) is 17.0. The van der Waals surface area contributed by atoms with E-state index in [4.69, 9.17) is 9.72 Å². The van der Waals surface area contributed by atoms with Crippen LogP contribution in [-0.2, 0) is 28.9 Å². The lowest BCUT2D eigenvalue weighted by molar-refractivity contribution is -0.120. The summed E-state index contributed by atoms with van der Waals surface area (Å²) >= 11 is 1.60. The van der Waals surface area contributed by atoms with Crippen LogP contribution in [0, 0.1) is 0 Å². The minimum absolute atomic E-state index is 0.0175. The van der Waals surface area contributed by atoms with Crippen LogP contribution in [0.1, 0.15) is 16.8 Å². The number of carbonyl (C=O) groups excluding carboxylic acids is 1. The fraction of sp³-hybridized carbons (Fsp3) is 0.333. The molecule has 1 saturated heterocycles. The number of ether oxygens (including phenoxy) is 1. The molecule has 1 aliphatic heterocycles. The highest BCUT2D eigenvalue weighted by molar-refractivity contribution is 7.13. The van der Waals surface area contributed by atoms with Crippen LogP contribution in [0.15, 0.2) is 60.0 Å². The number of benzene rings is 2. The van der Waals surface area contributed by atoms with Crippen molar-refractivity contribution in [3.05, 3.63) is 76.8 Å². The average molecular weight is 422 g/mol. The molecule has 0 unspecified atom stereocenters. The SMILES string of the molecule is O=C(Cc1csc(-c2cccc(CN3CCOCC3)c2)n1)NCCc1ccccc1. The molecule has 0 spiro atoms. The van der Waals surface area contributed by atoms with E-state index < -0.39 is 0 Å². The van der Waals surface area contributed by atoms with Crippen molar-refractivity contribution >= 4 is 17.2 Å². The topological polar surface area (TPSA) is 54.5 Å². The zero-order valence-corrected chi connectivity index (χ0v) is 17.9. The van der Waals surface area contributed by atoms with Crippen LogP contribution in [0.25, 0.3) is 10.6 Å². The highest BCUT2D eigenvalue weighted by Crippen LogP contribution is 2.25. The maximum Gasteiger partial charge on any atom is 0.226 e. The van der Waals surface area contributed by atoms with E-state index >= 15 is 0 Å². The van der Waals surface area contributed by atoms with Crippen LogP contribution < -0.4 is 5.32 Å². The summed E-state index contributed by atoms with van der Waals surface area (Å²) in [7, 11) is 0. The summed E-state index contributed by atoms with van der Waals surface area (Å²) in [6.07, 6.45) is 1.16. The molecule has 0 saturated carbocycles. The summed E-state index contributed by atoms with van der Waals surface area (Å²) in [5.74, 6) is 0.0175. The number of carbonyl (C=O) groups is 1. The van der Waals surface area contributed by atoms with E-state index in [2.05, 4.69) is 46.6 Å². The second-order valence-corrected chi connectivity index (χ2v) is 8.35. The maximum absolute atomic E-state index is 12.3. The predicted octanol–water partition coefficient (Wildman–Crippen LogP) is 3.54. The zero-order chi connectivity index (χ0) is 20.6. The van der Waals surface area contributed by atoms with E-state index in [1.54, 1.807) is 11.3 Å². The molecule has 0 atom stereocenters. The number of nitrogens with one attached hydrogen (secondary N) is 1. The molecule has 5 nitrogen and oxygen atoms in total. The average Bonchev–Trinajstić information content (AvgIpc) is 3.24. The van der Waals surface area contributed by atoms with Gasteiger partial charge in [0.25, 0.3) is 0 Å². The molecule has 1 N–H and O–H groups in total. The lowest BCUT2D eigenvalue weighted by Gasteiger charge is -2.26. The third-order valence-electron chi connectivity index (χ3n) is 5.16. The third-order valence-corrected chi connectivity index (χ3v) is 6.10. The van der Waals surface area contributed by atoms with Gasteiger partial charge in [0, 0.05) is 37.1 Å². The van der Waals surface area contributed by atoms with E-state index in [9.17, 15) is 4.79 Å². The largest absolute Gasteiger partial charge is 0.379 e. The lowest BCUT2D eigenvalue weighted by atomic mass is 10.1. The second kappa shape index (κ2) is 10.5. The molecule has 1 aromatic heterocycles. The molecular weight excluding hydrogens is 394 g/mol. The van der Waals surface area contributed by atoms with Gasteiger partial charge in [-0.15, -0.1) is 11.3 Å². The molecule has 4 rings (SSSR count). The molecule has 3 aromatic rings. The van der Waals surface area contributed by atoms with Crippen molar-refractivity contribution in [1.82, 2.24) is 15.2 Å². The van der Waals surface area contributed by atoms with Crippen LogP contribution >= 0.6 is 11.3 Å². The highest BCUT2D eigenvalue weighted by atomic mass is 32.1. The minimum atomic E-state index is 0.0175. The van der Waals surface area contributed by atoms with Crippen molar-refractivity contribution in [2.45, 2.75) is 19.4 Å². The molecule has 2 aromatic carbocycles. The van der Waals surface area contributed by atoms with Gasteiger partial charge < -0.3 is 10.1 Å². The number of thiazole rings is 1. The number of aromatic nitrogens is 1. The Morgan fingerprint density at radius 2 is 1.87 bits per heavy atom. The molecule has 156 valence electrons. The van der Waals surface area contributed by atoms with Crippen molar-refractivity contribution in [3.63, 3.8) is 0 Å². The Labute approximate surface area is 181 Å². The van der Waals surface area contributed by atoms with Crippen molar-refractivity contribution < 1.29 is 9.53 Å². The molecule has 1 aliphatic rings. The summed E-state index contributed by atoms with van der Waals surface area (Å²) < 4.78 is 5.43. The van der Waals surface area contributed by atoms with Crippen LogP contribution in [0.4, 0.5) is 0 Å². The van der Waals surface area contributed by atoms with Crippen LogP contribution in [-0.4, -0.2) is 48.6 Å². The third kappa shape index (κ3) is 5.98. The highest BCUT2D eigenvalue weighted by Gasteiger charge is 2.13. The fourth-order valence-electron chi connectivity index (χ4n) is 3.56. The normalized spacial score (nSPS) is 14.5. The number of amides is 1. The smallest absolute Gasteiger partial charge is 0.226 e. The van der Waals surface area contributed by atoms with E-state index in [0.29, 0.717) is 13.0 Å². The molecule has 0 bridgehead atoms. The molecule has 30 heavy (non-hydrogen) atoms. The van der Waals surface area contributed by atoms with Gasteiger partial charge in [0.15, 0.2) is 0 Å². The van der Waals surface area contributed by atoms with Gasteiger partial charge in [0.1, 0.15) is 5.01 Å². The monoisotopic (exact) mass is 421 g/mol. The number of hydrogen-bond acceptors (Lipinski definition) is 5. The van der Waals surface area contributed by atoms with E-state index in [0.717, 1.165) is 55.5 Å². The molecule has 6 heteroatoms. The predicted molar refractivity (Wildman–Crippen MR) is 121 cm³/mol. The molecule has 2 heterocycles. The summed E-state index contributed by atoms with van der Waals surface area (Å²) in [5, 5.41) is 5.94. The maximum atomic E-state index is 12.3. The Balaban J connectivity index is 1.30. The summed E-state index contributed by atoms with van der Waals surface area (Å²) in [5.41, 5.74) is 4.45. The van der Waals surface area contributed by atoms with Crippen LogP contribution in [0.2, 0.25) is 0 Å². The van der Waals surface area contributed by atoms with Gasteiger partial charge in [-0.3, -0.25) is 9.69 Å². The van der Waals surface area contributed by atoms with Crippen molar-refractivity contribution in [1.29, 1.82) is 0 Å². The minimum Gasteiger partial charge on any atom is -0.379 e. The van der Waals surface area contributed by atoms with Crippen molar-refractivity contribution in [2.75, 3.05) is 32.8 Å². The molecule has 0 radical (unpaired) electrons. The lowest BCUT2D eigenvalue weighted by Crippen LogP contribution is -2.35. The standard InChI is InChI=1S/C24H27N3O2S/c28-23(25-10-9-19-5-2-1-3-6-19)16-22-18-30-24(26-22)21-8-4-7-20(15-21)17-27-11-13-29-14-12-27/h1-8,15,18H,9-14,16-17H2,(H,25,28). The van der Waals surface area contributed by atoms with Gasteiger partial charge >= 0.3 is 0 Å². The summed E-state index contributed by atoms with van der Waals surface area (Å²) in [6.45, 7) is 5.14. The molecule has 1 amide bonds. The van der Waals surface area contributed by atoms with Gasteiger partial charge in [-0.1, -0.05) is 48.5 Å². The van der Waals surface area contributed by atoms with Crippen LogP contribution in [0.5, 0.6) is 0 Å². The van der Waals surface area contributed by atoms with Gasteiger partial charge in [-0.05, 0) is 23.6 Å². The number of hydrogen-bond donors (Lipinski definition) is 1. The Kier molecular flexibility index (Phi) is 7.24. The molecular formula is C24H27N3O2S. The van der Waals surface area contributed by atoms with Gasteiger partial charge in [0.05, 0.1) is 25.3 Å². The first-order valence-electron chi connectivity index (χ1n) is 10.4. The Bertz CT molecular complexity index is 952. The Morgan fingerprint density at radius 3 is 2.70 bits per heavy atom. The van der Waals surface area contributed by atoms with E-state index in [1.165, 1.54) is 11.1 Å². The van der Waals surface area contributed by atoms with E-state index in [1.807, 2.05) is 23.6 Å². The first kappa shape index (κ1) is 20.7. The van der Waals surface area contributed by atoms with E-state index in [-0.39, 0.29) is 5.91 Å². The Morgan fingerprint density at radius 1 is 1.07 bits per heavy atom. The van der Waals surface area contributed by atoms with Crippen LogP contribution in [0.3, 0.4) is 0 Å². The Hall–Kier alpha value is -2.54. The number of rotatable bonds is 8. The van der Waals surface area contributed by atoms with Crippen molar-refractivity contribution in [3.8, 4) is 10.6 Å². The molecule has 0 aliphatic carbocycles. The first-order chi connectivity index (χ1) is 14.8. The quantitative estimate of drug-likeness (QED) is 0.604. The first-order valence-corrected chi connectivity index (χ1v) is 11.3. The van der Waals surface area contributed by atoms with Crippen molar-refractivity contribution in [2.24, 2.45) is 0 Å². The number of nitrogens with zero attached hydrogens (tertiary/aromatic N) is 2.